The van der Waals surface area contributed by atoms with Gasteiger partial charge in [-0.05, 0) is 12.0 Å². The number of amides is 1. The number of hydrogen-bond acceptors (Lipinski definition) is 9. The number of nitrogens with one attached hydrogen (secondary N) is 1. The molecule has 1 fully saturated rings. The fourth-order valence-electron chi connectivity index (χ4n) is 4.80. The van der Waals surface area contributed by atoms with E-state index in [9.17, 15) is 19.2 Å². The molecule has 230 valence electrons. The molecule has 2 rings (SSSR count). The Labute approximate surface area is 243 Å². The normalized spacial score (nSPS) is 20.7. The molecular formula is C31H47NO9. The second-order valence-electron chi connectivity index (χ2n) is 10.4. The molecule has 10 nitrogen and oxygen atoms in total. The molecule has 1 aromatic carbocycles. The summed E-state index contributed by atoms with van der Waals surface area (Å²) in [6.07, 6.45) is 5.37. The van der Waals surface area contributed by atoms with Gasteiger partial charge >= 0.3 is 17.9 Å². The maximum absolute atomic E-state index is 13.4. The number of unbranched alkanes of at least 4 members (excludes halogenated alkanes) is 9. The van der Waals surface area contributed by atoms with E-state index < -0.39 is 54.5 Å². The highest BCUT2D eigenvalue weighted by Crippen LogP contribution is 2.32. The van der Waals surface area contributed by atoms with E-state index >= 15 is 0 Å². The van der Waals surface area contributed by atoms with Crippen molar-refractivity contribution in [3.05, 3.63) is 35.9 Å². The van der Waals surface area contributed by atoms with Gasteiger partial charge in [0.05, 0.1) is 6.61 Å². The number of esters is 3. The number of carbonyl (C=O) groups is 4. The molecule has 0 aromatic heterocycles. The van der Waals surface area contributed by atoms with Crippen molar-refractivity contribution in [2.24, 2.45) is 0 Å². The number of hydrogen-bond donors (Lipinski definition) is 1. The Hall–Kier alpha value is -2.98. The molecule has 1 heterocycles. The molecule has 10 heteroatoms. The molecule has 1 unspecified atom stereocenters. The molecule has 41 heavy (non-hydrogen) atoms. The van der Waals surface area contributed by atoms with Gasteiger partial charge < -0.3 is 29.0 Å². The van der Waals surface area contributed by atoms with E-state index in [2.05, 4.69) is 12.2 Å². The van der Waals surface area contributed by atoms with Gasteiger partial charge in [0.2, 0.25) is 12.4 Å². The van der Waals surface area contributed by atoms with Gasteiger partial charge in [-0.1, -0.05) is 95.0 Å². The summed E-state index contributed by atoms with van der Waals surface area (Å²) in [4.78, 5) is 49.0. The third kappa shape index (κ3) is 13.0. The first kappa shape index (κ1) is 34.2. The lowest BCUT2D eigenvalue weighted by Crippen LogP contribution is -2.51. The van der Waals surface area contributed by atoms with Gasteiger partial charge in [-0.25, -0.2) is 0 Å². The summed E-state index contributed by atoms with van der Waals surface area (Å²) in [6, 6.07) is 9.26. The quantitative estimate of drug-likeness (QED) is 0.141. The SMILES string of the molecule is CCCCCCCCCCCCNC(=O)[C@@H](OCc1ccccc1)[C@H]1OC(OC(C)=O)[C@H](OC(C)=O)[C@H]1OC(C)=O. The smallest absolute Gasteiger partial charge is 0.305 e. The number of carbonyl (C=O) groups excluding carboxylic acids is 4. The maximum atomic E-state index is 13.4. The van der Waals surface area contributed by atoms with Crippen molar-refractivity contribution in [3.8, 4) is 0 Å². The lowest BCUT2D eigenvalue weighted by Gasteiger charge is -2.27. The largest absolute Gasteiger partial charge is 0.455 e. The molecule has 1 saturated heterocycles. The summed E-state index contributed by atoms with van der Waals surface area (Å²) in [5.74, 6) is -2.54. The standard InChI is InChI=1S/C31H47NO9/c1-5-6-7-8-9-10-11-12-13-17-20-32-30(36)28(37-21-25-18-15-14-16-19-25)26-27(38-22(2)33)29(39-23(3)34)31(41-26)40-24(4)35/h14-16,18-19,26-29,31H,5-13,17,20-21H2,1-4H3,(H,32,36)/t26-,27-,28-,29+,31?/m0/s1. The second kappa shape index (κ2) is 19.2. The van der Waals surface area contributed by atoms with Crippen LogP contribution in [0, 0.1) is 0 Å². The summed E-state index contributed by atoms with van der Waals surface area (Å²) in [5.41, 5.74) is 0.815. The van der Waals surface area contributed by atoms with Gasteiger partial charge in [0, 0.05) is 27.3 Å². The first-order valence-electron chi connectivity index (χ1n) is 14.8. The van der Waals surface area contributed by atoms with Crippen molar-refractivity contribution in [1.29, 1.82) is 0 Å². The van der Waals surface area contributed by atoms with Gasteiger partial charge in [-0.3, -0.25) is 19.2 Å². The van der Waals surface area contributed by atoms with Crippen molar-refractivity contribution in [3.63, 3.8) is 0 Å². The van der Waals surface area contributed by atoms with Crippen LogP contribution in [0.2, 0.25) is 0 Å². The third-order valence-electron chi connectivity index (χ3n) is 6.75. The van der Waals surface area contributed by atoms with Gasteiger partial charge in [0.1, 0.15) is 6.10 Å². The number of rotatable bonds is 19. The Balaban J connectivity index is 2.06. The average molecular weight is 578 g/mol. The van der Waals surface area contributed by atoms with Crippen molar-refractivity contribution in [1.82, 2.24) is 5.32 Å². The van der Waals surface area contributed by atoms with Crippen LogP contribution in [0.4, 0.5) is 0 Å². The Morgan fingerprint density at radius 1 is 0.756 bits per heavy atom. The maximum Gasteiger partial charge on any atom is 0.305 e. The molecule has 0 radical (unpaired) electrons. The lowest BCUT2D eigenvalue weighted by molar-refractivity contribution is -0.201. The summed E-state index contributed by atoms with van der Waals surface area (Å²) < 4.78 is 27.9. The van der Waals surface area contributed by atoms with E-state index in [0.717, 1.165) is 24.8 Å². The van der Waals surface area contributed by atoms with Gasteiger partial charge in [-0.2, -0.15) is 0 Å². The molecular weight excluding hydrogens is 530 g/mol. The molecule has 1 aliphatic rings. The zero-order chi connectivity index (χ0) is 30.0. The summed E-state index contributed by atoms with van der Waals surface area (Å²) in [6.45, 7) is 6.25. The van der Waals surface area contributed by atoms with Crippen LogP contribution in [0.3, 0.4) is 0 Å². The number of ether oxygens (including phenoxy) is 5. The van der Waals surface area contributed by atoms with Crippen molar-refractivity contribution in [2.75, 3.05) is 6.54 Å². The highest BCUT2D eigenvalue weighted by molar-refractivity contribution is 5.81. The molecule has 0 aliphatic carbocycles. The van der Waals surface area contributed by atoms with Crippen LogP contribution in [0.15, 0.2) is 30.3 Å². The molecule has 1 amide bonds. The Bertz CT molecular complexity index is 939. The first-order valence-corrected chi connectivity index (χ1v) is 14.8. The third-order valence-corrected chi connectivity index (χ3v) is 6.75. The van der Waals surface area contributed by atoms with Crippen molar-refractivity contribution >= 4 is 23.8 Å². The predicted octanol–water partition coefficient (Wildman–Crippen LogP) is 4.76. The fraction of sp³-hybridized carbons (Fsp3) is 0.677. The molecule has 0 saturated carbocycles. The molecule has 5 atom stereocenters. The topological polar surface area (TPSA) is 126 Å². The minimum atomic E-state index is -1.39. The highest BCUT2D eigenvalue weighted by Gasteiger charge is 2.55. The molecule has 1 N–H and O–H groups in total. The lowest BCUT2D eigenvalue weighted by atomic mass is 10.0. The zero-order valence-electron chi connectivity index (χ0n) is 24.9. The van der Waals surface area contributed by atoms with Crippen molar-refractivity contribution < 1.29 is 42.9 Å². The molecule has 0 bridgehead atoms. The van der Waals surface area contributed by atoms with Crippen LogP contribution >= 0.6 is 0 Å². The van der Waals surface area contributed by atoms with E-state index in [4.69, 9.17) is 23.7 Å². The van der Waals surface area contributed by atoms with Gasteiger partial charge in [-0.15, -0.1) is 0 Å². The van der Waals surface area contributed by atoms with Gasteiger partial charge in [0.15, 0.2) is 12.2 Å². The minimum Gasteiger partial charge on any atom is -0.455 e. The Kier molecular flexibility index (Phi) is 16.0. The van der Waals surface area contributed by atoms with Crippen LogP contribution in [-0.4, -0.2) is 61.1 Å². The van der Waals surface area contributed by atoms with Gasteiger partial charge in [0.25, 0.3) is 5.91 Å². The highest BCUT2D eigenvalue weighted by atomic mass is 16.8. The van der Waals surface area contributed by atoms with E-state index in [1.165, 1.54) is 65.7 Å². The van der Waals surface area contributed by atoms with Crippen LogP contribution in [0.25, 0.3) is 0 Å². The predicted molar refractivity (Wildman–Crippen MR) is 151 cm³/mol. The molecule has 0 spiro atoms. The summed E-state index contributed by atoms with van der Waals surface area (Å²) in [7, 11) is 0. The minimum absolute atomic E-state index is 0.0697. The average Bonchev–Trinajstić information content (AvgIpc) is 3.22. The van der Waals surface area contributed by atoms with Crippen LogP contribution < -0.4 is 5.32 Å². The molecule has 1 aromatic rings. The van der Waals surface area contributed by atoms with Crippen molar-refractivity contribution in [2.45, 2.75) is 129 Å². The zero-order valence-corrected chi connectivity index (χ0v) is 24.9. The van der Waals surface area contributed by atoms with E-state index in [1.54, 1.807) is 0 Å². The Morgan fingerprint density at radius 3 is 1.85 bits per heavy atom. The van der Waals surface area contributed by atoms with Crippen LogP contribution in [0.5, 0.6) is 0 Å². The van der Waals surface area contributed by atoms with E-state index in [0.29, 0.717) is 6.54 Å². The van der Waals surface area contributed by atoms with E-state index in [-0.39, 0.29) is 6.61 Å². The van der Waals surface area contributed by atoms with E-state index in [1.807, 2.05) is 30.3 Å². The Morgan fingerprint density at radius 2 is 1.29 bits per heavy atom. The molecule has 1 aliphatic heterocycles. The summed E-state index contributed by atoms with van der Waals surface area (Å²) in [5, 5.41) is 2.91. The fourth-order valence-corrected chi connectivity index (χ4v) is 4.80. The second-order valence-corrected chi connectivity index (χ2v) is 10.4. The van der Waals surface area contributed by atoms with Crippen LogP contribution in [-0.2, 0) is 49.5 Å². The summed E-state index contributed by atoms with van der Waals surface area (Å²) >= 11 is 0. The monoisotopic (exact) mass is 577 g/mol. The number of benzene rings is 1. The van der Waals surface area contributed by atoms with Crippen LogP contribution in [0.1, 0.15) is 97.5 Å². The first-order chi connectivity index (χ1) is 19.7.